The standard InChI is InChI=1S/C18H21ClN2O3/c1-16(2)17(3)7-8-18(16,10-13(17)22)15(24)21-20-14(23)11-5-4-6-12(19)9-11/h4-6,9H,7-8,10H2,1-3H3,(H,20,23)(H,21,24). The lowest BCUT2D eigenvalue weighted by Gasteiger charge is -2.38. The molecule has 0 heterocycles. The minimum Gasteiger partial charge on any atom is -0.299 e. The van der Waals surface area contributed by atoms with Crippen molar-refractivity contribution in [2.24, 2.45) is 16.2 Å². The van der Waals surface area contributed by atoms with Gasteiger partial charge in [0, 0.05) is 22.4 Å². The minimum atomic E-state index is -0.763. The number of Topliss-reactive ketones (excluding diaryl/α,β-unsaturated/α-hetero) is 1. The average molecular weight is 349 g/mol. The van der Waals surface area contributed by atoms with E-state index in [4.69, 9.17) is 11.6 Å². The van der Waals surface area contributed by atoms with Crippen molar-refractivity contribution in [3.8, 4) is 0 Å². The van der Waals surface area contributed by atoms with Gasteiger partial charge in [0.05, 0.1) is 5.41 Å². The van der Waals surface area contributed by atoms with Crippen molar-refractivity contribution in [1.29, 1.82) is 0 Å². The number of rotatable bonds is 2. The third-order valence-corrected chi connectivity index (χ3v) is 6.75. The Bertz CT molecular complexity index is 746. The summed E-state index contributed by atoms with van der Waals surface area (Å²) in [5, 5.41) is 0.446. The first-order valence-electron chi connectivity index (χ1n) is 8.04. The molecule has 24 heavy (non-hydrogen) atoms. The number of carbonyl (C=O) groups excluding carboxylic acids is 3. The molecule has 2 unspecified atom stereocenters. The van der Waals surface area contributed by atoms with E-state index in [0.29, 0.717) is 23.4 Å². The van der Waals surface area contributed by atoms with Crippen molar-refractivity contribution in [2.45, 2.75) is 40.0 Å². The van der Waals surface area contributed by atoms with E-state index in [1.165, 1.54) is 6.07 Å². The number of ketones is 1. The zero-order valence-electron chi connectivity index (χ0n) is 14.0. The molecule has 6 heteroatoms. The molecule has 2 atom stereocenters. The van der Waals surface area contributed by atoms with E-state index in [-0.39, 0.29) is 18.1 Å². The molecule has 0 spiro atoms. The highest BCUT2D eigenvalue weighted by atomic mass is 35.5. The van der Waals surface area contributed by atoms with E-state index < -0.39 is 22.2 Å². The molecule has 0 radical (unpaired) electrons. The van der Waals surface area contributed by atoms with Crippen molar-refractivity contribution in [2.75, 3.05) is 0 Å². The molecule has 128 valence electrons. The van der Waals surface area contributed by atoms with Gasteiger partial charge in [0.1, 0.15) is 5.78 Å². The highest BCUT2D eigenvalue weighted by Gasteiger charge is 2.72. The van der Waals surface area contributed by atoms with Crippen LogP contribution in [0.4, 0.5) is 0 Å². The number of carbonyl (C=O) groups is 3. The van der Waals surface area contributed by atoms with Crippen LogP contribution in [0.5, 0.6) is 0 Å². The van der Waals surface area contributed by atoms with Gasteiger partial charge in [-0.15, -0.1) is 0 Å². The molecule has 2 bridgehead atoms. The first kappa shape index (κ1) is 17.0. The first-order chi connectivity index (χ1) is 11.1. The van der Waals surface area contributed by atoms with Crippen LogP contribution in [-0.2, 0) is 9.59 Å². The molecule has 5 nitrogen and oxygen atoms in total. The maximum atomic E-state index is 12.8. The summed E-state index contributed by atoms with van der Waals surface area (Å²) in [6, 6.07) is 6.47. The molecule has 2 saturated carbocycles. The largest absolute Gasteiger partial charge is 0.299 e. The van der Waals surface area contributed by atoms with Crippen LogP contribution < -0.4 is 10.9 Å². The second-order valence-corrected chi connectivity index (χ2v) is 7.99. The molecule has 2 N–H and O–H groups in total. The Morgan fingerprint density at radius 2 is 1.83 bits per heavy atom. The lowest BCUT2D eigenvalue weighted by molar-refractivity contribution is -0.137. The molecular formula is C18H21ClN2O3. The number of hydrogen-bond donors (Lipinski definition) is 2. The summed E-state index contributed by atoms with van der Waals surface area (Å²) in [5.74, 6) is -0.599. The predicted molar refractivity (Wildman–Crippen MR) is 90.2 cm³/mol. The van der Waals surface area contributed by atoms with Crippen molar-refractivity contribution >= 4 is 29.2 Å². The number of nitrogens with one attached hydrogen (secondary N) is 2. The molecule has 2 aliphatic rings. The van der Waals surface area contributed by atoms with E-state index >= 15 is 0 Å². The highest BCUT2D eigenvalue weighted by Crippen LogP contribution is 2.70. The Hall–Kier alpha value is -1.88. The lowest BCUT2D eigenvalue weighted by Crippen LogP contribution is -2.52. The minimum absolute atomic E-state index is 0.134. The molecule has 0 aromatic heterocycles. The van der Waals surface area contributed by atoms with Crippen LogP contribution in [0.3, 0.4) is 0 Å². The zero-order chi connectivity index (χ0) is 17.8. The van der Waals surface area contributed by atoms with Gasteiger partial charge in [0.15, 0.2) is 0 Å². The van der Waals surface area contributed by atoms with Crippen LogP contribution in [0.1, 0.15) is 50.4 Å². The molecular weight excluding hydrogens is 328 g/mol. The summed E-state index contributed by atoms with van der Waals surface area (Å²) < 4.78 is 0. The van der Waals surface area contributed by atoms with Crippen molar-refractivity contribution in [1.82, 2.24) is 10.9 Å². The fourth-order valence-corrected chi connectivity index (χ4v) is 4.49. The van der Waals surface area contributed by atoms with E-state index in [1.807, 2.05) is 20.8 Å². The Balaban J connectivity index is 1.74. The maximum Gasteiger partial charge on any atom is 0.269 e. The molecule has 2 fully saturated rings. The van der Waals surface area contributed by atoms with Crippen LogP contribution in [-0.4, -0.2) is 17.6 Å². The Labute approximate surface area is 146 Å². The third kappa shape index (κ3) is 2.10. The fraction of sp³-hybridized carbons (Fsp3) is 0.500. The first-order valence-corrected chi connectivity index (χ1v) is 8.41. The summed E-state index contributed by atoms with van der Waals surface area (Å²) in [5.41, 5.74) is 3.64. The second kappa shape index (κ2) is 5.31. The quantitative estimate of drug-likeness (QED) is 0.807. The topological polar surface area (TPSA) is 75.3 Å². The van der Waals surface area contributed by atoms with Gasteiger partial charge < -0.3 is 0 Å². The SMILES string of the molecule is CC12CCC(C(=O)NNC(=O)c3cccc(Cl)c3)(CC1=O)C2(C)C. The van der Waals surface area contributed by atoms with Crippen LogP contribution >= 0.6 is 11.6 Å². The Kier molecular flexibility index (Phi) is 3.75. The summed E-state index contributed by atoms with van der Waals surface area (Å²) >= 11 is 5.87. The van der Waals surface area contributed by atoms with Gasteiger partial charge in [0.25, 0.3) is 5.91 Å². The Morgan fingerprint density at radius 3 is 2.38 bits per heavy atom. The number of hydrazine groups is 1. The van der Waals surface area contributed by atoms with Crippen LogP contribution in [0.25, 0.3) is 0 Å². The van der Waals surface area contributed by atoms with Crippen molar-refractivity contribution < 1.29 is 14.4 Å². The summed E-state index contributed by atoms with van der Waals surface area (Å²) in [6.45, 7) is 5.90. The Morgan fingerprint density at radius 1 is 1.12 bits per heavy atom. The number of hydrogen-bond acceptors (Lipinski definition) is 3. The van der Waals surface area contributed by atoms with Gasteiger partial charge in [-0.05, 0) is 36.5 Å². The highest BCUT2D eigenvalue weighted by molar-refractivity contribution is 6.31. The lowest BCUT2D eigenvalue weighted by atomic mass is 9.64. The van der Waals surface area contributed by atoms with Crippen LogP contribution in [0, 0.1) is 16.2 Å². The van der Waals surface area contributed by atoms with E-state index in [0.717, 1.165) is 0 Å². The van der Waals surface area contributed by atoms with Crippen LogP contribution in [0.15, 0.2) is 24.3 Å². The molecule has 0 saturated heterocycles. The van der Waals surface area contributed by atoms with Gasteiger partial charge in [-0.1, -0.05) is 38.4 Å². The van der Waals surface area contributed by atoms with E-state index in [2.05, 4.69) is 10.9 Å². The van der Waals surface area contributed by atoms with E-state index in [1.54, 1.807) is 18.2 Å². The van der Waals surface area contributed by atoms with Gasteiger partial charge in [-0.3, -0.25) is 25.2 Å². The zero-order valence-corrected chi connectivity index (χ0v) is 14.8. The number of fused-ring (bicyclic) bond motifs is 2. The number of halogens is 1. The molecule has 0 aliphatic heterocycles. The molecule has 1 aromatic carbocycles. The number of amides is 2. The summed E-state index contributed by atoms with van der Waals surface area (Å²) in [4.78, 5) is 37.4. The summed E-state index contributed by atoms with van der Waals surface area (Å²) in [6.07, 6.45) is 1.59. The van der Waals surface area contributed by atoms with Crippen molar-refractivity contribution in [3.05, 3.63) is 34.9 Å². The molecule has 2 aliphatic carbocycles. The fourth-order valence-electron chi connectivity index (χ4n) is 4.30. The van der Waals surface area contributed by atoms with Gasteiger partial charge in [0.2, 0.25) is 5.91 Å². The summed E-state index contributed by atoms with van der Waals surface area (Å²) in [7, 11) is 0. The van der Waals surface area contributed by atoms with Crippen molar-refractivity contribution in [3.63, 3.8) is 0 Å². The van der Waals surface area contributed by atoms with Crippen LogP contribution in [0.2, 0.25) is 5.02 Å². The maximum absolute atomic E-state index is 12.8. The van der Waals surface area contributed by atoms with E-state index in [9.17, 15) is 14.4 Å². The van der Waals surface area contributed by atoms with Gasteiger partial charge in [-0.2, -0.15) is 0 Å². The normalized spacial score (nSPS) is 30.2. The van der Waals surface area contributed by atoms with Gasteiger partial charge >= 0.3 is 0 Å². The molecule has 2 amide bonds. The number of benzene rings is 1. The second-order valence-electron chi connectivity index (χ2n) is 7.56. The monoisotopic (exact) mass is 348 g/mol. The average Bonchev–Trinajstić information content (AvgIpc) is 2.82. The molecule has 3 rings (SSSR count). The molecule has 1 aromatic rings. The van der Waals surface area contributed by atoms with Gasteiger partial charge in [-0.25, -0.2) is 0 Å². The smallest absolute Gasteiger partial charge is 0.269 e. The predicted octanol–water partition coefficient (Wildman–Crippen LogP) is 2.89. The third-order valence-electron chi connectivity index (χ3n) is 6.52.